The van der Waals surface area contributed by atoms with Crippen LogP contribution in [0.3, 0.4) is 0 Å². The Hall–Kier alpha value is -0.0800. The lowest BCUT2D eigenvalue weighted by Gasteiger charge is -2.54. The number of rotatable bonds is 9. The Bertz CT molecular complexity index is 248. The third kappa shape index (κ3) is 3.52. The molecule has 0 saturated heterocycles. The molecule has 1 N–H and O–H groups in total. The van der Waals surface area contributed by atoms with Gasteiger partial charge in [0, 0.05) is 18.1 Å². The van der Waals surface area contributed by atoms with Crippen LogP contribution in [0.4, 0.5) is 0 Å². The van der Waals surface area contributed by atoms with Crippen molar-refractivity contribution in [3.8, 4) is 0 Å². The van der Waals surface area contributed by atoms with Crippen molar-refractivity contribution in [2.45, 2.75) is 90.2 Å². The monoisotopic (exact) mass is 267 g/mol. The number of hydrogen-bond donors (Lipinski definition) is 1. The summed E-state index contributed by atoms with van der Waals surface area (Å²) >= 11 is 0. The van der Waals surface area contributed by atoms with Crippen LogP contribution in [-0.4, -0.2) is 25.3 Å². The molecule has 0 aromatic rings. The summed E-state index contributed by atoms with van der Waals surface area (Å²) in [5.74, 6) is 0. The molecule has 2 aliphatic rings. The van der Waals surface area contributed by atoms with Gasteiger partial charge in [0.1, 0.15) is 0 Å². The van der Waals surface area contributed by atoms with E-state index in [1.54, 1.807) is 0 Å². The molecule has 2 aliphatic carbocycles. The normalized spacial score (nSPS) is 28.7. The molecule has 0 aromatic heterocycles. The molecule has 19 heavy (non-hydrogen) atoms. The van der Waals surface area contributed by atoms with Crippen LogP contribution in [0.15, 0.2) is 0 Å². The molecule has 112 valence electrons. The Morgan fingerprint density at radius 2 is 1.79 bits per heavy atom. The van der Waals surface area contributed by atoms with Crippen molar-refractivity contribution >= 4 is 0 Å². The van der Waals surface area contributed by atoms with Crippen LogP contribution in [0.1, 0.15) is 78.1 Å². The van der Waals surface area contributed by atoms with Gasteiger partial charge in [0.05, 0.1) is 6.10 Å². The van der Waals surface area contributed by atoms with Crippen molar-refractivity contribution in [2.24, 2.45) is 5.41 Å². The van der Waals surface area contributed by atoms with Crippen molar-refractivity contribution in [3.63, 3.8) is 0 Å². The smallest absolute Gasteiger partial charge is 0.0661 e. The first-order chi connectivity index (χ1) is 9.33. The minimum Gasteiger partial charge on any atom is -0.378 e. The minimum atomic E-state index is 0.513. The Kier molecular flexibility index (Phi) is 6.15. The first-order valence-corrected chi connectivity index (χ1v) is 8.68. The van der Waals surface area contributed by atoms with E-state index in [4.69, 9.17) is 4.74 Å². The van der Waals surface area contributed by atoms with E-state index >= 15 is 0 Å². The van der Waals surface area contributed by atoms with Gasteiger partial charge >= 0.3 is 0 Å². The SMILES string of the molecule is CCCCCCCOC1CC(NCC)C12CCCC2. The highest BCUT2D eigenvalue weighted by molar-refractivity contribution is 5.09. The summed E-state index contributed by atoms with van der Waals surface area (Å²) in [4.78, 5) is 0. The third-order valence-corrected chi connectivity index (χ3v) is 5.34. The van der Waals surface area contributed by atoms with Crippen molar-refractivity contribution in [2.75, 3.05) is 13.2 Å². The summed E-state index contributed by atoms with van der Waals surface area (Å²) in [6.07, 6.45) is 14.1. The summed E-state index contributed by atoms with van der Waals surface area (Å²) in [5, 5.41) is 3.68. The Morgan fingerprint density at radius 1 is 1.05 bits per heavy atom. The van der Waals surface area contributed by atoms with Crippen LogP contribution in [0.5, 0.6) is 0 Å². The first kappa shape index (κ1) is 15.3. The predicted molar refractivity (Wildman–Crippen MR) is 81.5 cm³/mol. The molecular weight excluding hydrogens is 234 g/mol. The van der Waals surface area contributed by atoms with Crippen LogP contribution >= 0.6 is 0 Å². The van der Waals surface area contributed by atoms with E-state index in [1.165, 1.54) is 64.2 Å². The van der Waals surface area contributed by atoms with E-state index in [-0.39, 0.29) is 0 Å². The lowest BCUT2D eigenvalue weighted by atomic mass is 9.60. The van der Waals surface area contributed by atoms with E-state index in [9.17, 15) is 0 Å². The zero-order valence-electron chi connectivity index (χ0n) is 13.0. The first-order valence-electron chi connectivity index (χ1n) is 8.68. The second kappa shape index (κ2) is 7.64. The molecule has 0 aromatic carbocycles. The quantitative estimate of drug-likeness (QED) is 0.629. The van der Waals surface area contributed by atoms with Gasteiger partial charge in [-0.05, 0) is 32.2 Å². The molecule has 2 saturated carbocycles. The maximum absolute atomic E-state index is 6.23. The molecule has 0 heterocycles. The van der Waals surface area contributed by atoms with Gasteiger partial charge in [0.25, 0.3) is 0 Å². The van der Waals surface area contributed by atoms with Crippen LogP contribution in [-0.2, 0) is 4.74 Å². The van der Waals surface area contributed by atoms with Gasteiger partial charge < -0.3 is 10.1 Å². The van der Waals surface area contributed by atoms with Gasteiger partial charge in [0.15, 0.2) is 0 Å². The number of hydrogen-bond acceptors (Lipinski definition) is 2. The second-order valence-corrected chi connectivity index (χ2v) is 6.56. The average Bonchev–Trinajstić information content (AvgIpc) is 2.92. The van der Waals surface area contributed by atoms with Crippen molar-refractivity contribution in [1.29, 1.82) is 0 Å². The molecule has 2 rings (SSSR count). The van der Waals surface area contributed by atoms with Crippen molar-refractivity contribution < 1.29 is 4.74 Å². The molecule has 2 atom stereocenters. The lowest BCUT2D eigenvalue weighted by Crippen LogP contribution is -2.62. The van der Waals surface area contributed by atoms with Gasteiger partial charge in [-0.25, -0.2) is 0 Å². The molecule has 2 unspecified atom stereocenters. The Morgan fingerprint density at radius 3 is 2.47 bits per heavy atom. The average molecular weight is 267 g/mol. The van der Waals surface area contributed by atoms with Crippen LogP contribution in [0, 0.1) is 5.41 Å². The van der Waals surface area contributed by atoms with Crippen LogP contribution < -0.4 is 5.32 Å². The summed E-state index contributed by atoms with van der Waals surface area (Å²) in [7, 11) is 0. The highest BCUT2D eigenvalue weighted by atomic mass is 16.5. The summed E-state index contributed by atoms with van der Waals surface area (Å²) < 4.78 is 6.23. The number of unbranched alkanes of at least 4 members (excludes halogenated alkanes) is 4. The molecule has 2 fully saturated rings. The largest absolute Gasteiger partial charge is 0.378 e. The highest BCUT2D eigenvalue weighted by Crippen LogP contribution is 2.54. The number of nitrogens with one attached hydrogen (secondary N) is 1. The molecule has 0 aliphatic heterocycles. The Balaban J connectivity index is 1.66. The fraction of sp³-hybridized carbons (Fsp3) is 1.00. The topological polar surface area (TPSA) is 21.3 Å². The zero-order chi connectivity index (χ0) is 13.6. The van der Waals surface area contributed by atoms with E-state index in [2.05, 4.69) is 19.2 Å². The minimum absolute atomic E-state index is 0.513. The van der Waals surface area contributed by atoms with Gasteiger partial charge in [-0.2, -0.15) is 0 Å². The van der Waals surface area contributed by atoms with Crippen LogP contribution in [0.25, 0.3) is 0 Å². The molecule has 0 radical (unpaired) electrons. The Labute approximate surface area is 119 Å². The zero-order valence-corrected chi connectivity index (χ0v) is 13.0. The third-order valence-electron chi connectivity index (χ3n) is 5.34. The van der Waals surface area contributed by atoms with Crippen molar-refractivity contribution in [3.05, 3.63) is 0 Å². The summed E-state index contributed by atoms with van der Waals surface area (Å²) in [6.45, 7) is 6.60. The van der Waals surface area contributed by atoms with E-state index in [0.717, 1.165) is 19.2 Å². The van der Waals surface area contributed by atoms with E-state index in [1.807, 2.05) is 0 Å². The van der Waals surface area contributed by atoms with Gasteiger partial charge in [-0.3, -0.25) is 0 Å². The fourth-order valence-electron chi connectivity index (χ4n) is 4.15. The molecule has 2 nitrogen and oxygen atoms in total. The van der Waals surface area contributed by atoms with E-state index in [0.29, 0.717) is 11.5 Å². The standard InChI is InChI=1S/C17H33NO/c1-3-5-6-7-10-13-19-16-14-15(18-4-2)17(16)11-8-9-12-17/h15-16,18H,3-14H2,1-2H3. The van der Waals surface area contributed by atoms with Gasteiger partial charge in [-0.15, -0.1) is 0 Å². The highest BCUT2D eigenvalue weighted by Gasteiger charge is 2.56. The molecule has 2 heteroatoms. The lowest BCUT2D eigenvalue weighted by molar-refractivity contribution is -0.133. The summed E-state index contributed by atoms with van der Waals surface area (Å²) in [5.41, 5.74) is 0.513. The van der Waals surface area contributed by atoms with E-state index < -0.39 is 0 Å². The predicted octanol–water partition coefficient (Wildman–Crippen LogP) is 4.28. The van der Waals surface area contributed by atoms with Gasteiger partial charge in [-0.1, -0.05) is 52.4 Å². The maximum atomic E-state index is 6.23. The van der Waals surface area contributed by atoms with Crippen LogP contribution in [0.2, 0.25) is 0 Å². The molecule has 0 amide bonds. The maximum Gasteiger partial charge on any atom is 0.0661 e. The molecule has 1 spiro atoms. The second-order valence-electron chi connectivity index (χ2n) is 6.56. The van der Waals surface area contributed by atoms with Crippen molar-refractivity contribution in [1.82, 2.24) is 5.32 Å². The fourth-order valence-corrected chi connectivity index (χ4v) is 4.15. The summed E-state index contributed by atoms with van der Waals surface area (Å²) in [6, 6.07) is 0.741. The van der Waals surface area contributed by atoms with Gasteiger partial charge in [0.2, 0.25) is 0 Å². The molecular formula is C17H33NO. The number of ether oxygens (including phenoxy) is 1. The molecule has 0 bridgehead atoms.